The summed E-state index contributed by atoms with van der Waals surface area (Å²) < 4.78 is 28.9. The maximum atomic E-state index is 13.8. The van der Waals surface area contributed by atoms with E-state index < -0.39 is 17.8 Å². The molecule has 108 valence electrons. The first-order valence-electron chi connectivity index (χ1n) is 6.79. The van der Waals surface area contributed by atoms with Crippen LogP contribution in [0.25, 0.3) is 0 Å². The van der Waals surface area contributed by atoms with Crippen molar-refractivity contribution in [2.24, 2.45) is 11.8 Å². The van der Waals surface area contributed by atoms with E-state index in [0.29, 0.717) is 12.8 Å². The van der Waals surface area contributed by atoms with Gasteiger partial charge in [-0.3, -0.25) is 9.59 Å². The average Bonchev–Trinajstić information content (AvgIpc) is 2.61. The lowest BCUT2D eigenvalue weighted by Crippen LogP contribution is -2.51. The van der Waals surface area contributed by atoms with Crippen molar-refractivity contribution in [1.29, 1.82) is 0 Å². The second-order valence-electron chi connectivity index (χ2n) is 5.61. The van der Waals surface area contributed by atoms with Crippen molar-refractivity contribution in [1.82, 2.24) is 9.47 Å². The van der Waals surface area contributed by atoms with Crippen LogP contribution in [0.2, 0.25) is 0 Å². The molecule has 2 fully saturated rings. The van der Waals surface area contributed by atoms with Gasteiger partial charge in [-0.1, -0.05) is 6.07 Å². The van der Waals surface area contributed by atoms with Gasteiger partial charge in [0.15, 0.2) is 0 Å². The summed E-state index contributed by atoms with van der Waals surface area (Å²) in [6.07, 6.45) is 2.49. The number of halogens is 2. The van der Waals surface area contributed by atoms with E-state index >= 15 is 0 Å². The summed E-state index contributed by atoms with van der Waals surface area (Å²) in [6.45, 7) is 0.124. The van der Waals surface area contributed by atoms with Crippen LogP contribution in [-0.4, -0.2) is 34.4 Å². The van der Waals surface area contributed by atoms with Crippen LogP contribution in [-0.2, 0) is 11.3 Å². The van der Waals surface area contributed by atoms with Crippen molar-refractivity contribution >= 4 is 5.91 Å². The Balaban J connectivity index is 1.71. The number of nitrogens with zero attached hydrogens (tertiary/aromatic N) is 2. The highest BCUT2D eigenvalue weighted by Gasteiger charge is 2.56. The first-order chi connectivity index (χ1) is 9.48. The van der Waals surface area contributed by atoms with Gasteiger partial charge >= 0.3 is 0 Å². The number of hydrogen-bond donors (Lipinski definition) is 0. The zero-order chi connectivity index (χ0) is 14.3. The average molecular weight is 282 g/mol. The third-order valence-electron chi connectivity index (χ3n) is 4.39. The van der Waals surface area contributed by atoms with Gasteiger partial charge in [-0.2, -0.15) is 0 Å². The molecule has 0 spiro atoms. The minimum absolute atomic E-state index is 0.0787. The Morgan fingerprint density at radius 3 is 2.50 bits per heavy atom. The lowest BCUT2D eigenvalue weighted by atomic mass is 9.94. The van der Waals surface area contributed by atoms with Crippen molar-refractivity contribution < 1.29 is 13.6 Å². The highest BCUT2D eigenvalue weighted by atomic mass is 19.3. The molecule has 1 saturated carbocycles. The summed E-state index contributed by atoms with van der Waals surface area (Å²) in [4.78, 5) is 25.2. The molecule has 2 aliphatic rings. The third-order valence-corrected chi connectivity index (χ3v) is 4.39. The molecule has 1 aliphatic heterocycles. The van der Waals surface area contributed by atoms with Gasteiger partial charge in [0, 0.05) is 37.2 Å². The van der Waals surface area contributed by atoms with Gasteiger partial charge in [0.05, 0.1) is 0 Å². The molecule has 2 unspecified atom stereocenters. The van der Waals surface area contributed by atoms with Crippen LogP contribution in [0.15, 0.2) is 29.2 Å². The number of amides is 1. The maximum Gasteiger partial charge on any atom is 0.257 e. The van der Waals surface area contributed by atoms with Crippen LogP contribution >= 0.6 is 0 Å². The van der Waals surface area contributed by atoms with Crippen LogP contribution in [0, 0.1) is 11.8 Å². The molecule has 6 heteroatoms. The first kappa shape index (κ1) is 13.3. The first-order valence-corrected chi connectivity index (χ1v) is 6.79. The highest BCUT2D eigenvalue weighted by molar-refractivity contribution is 5.76. The molecular weight excluding hydrogens is 266 g/mol. The topological polar surface area (TPSA) is 42.3 Å². The van der Waals surface area contributed by atoms with Crippen molar-refractivity contribution in [2.75, 3.05) is 13.1 Å². The molecule has 3 rings (SSSR count). The number of alkyl halides is 2. The number of rotatable bonds is 2. The van der Waals surface area contributed by atoms with Gasteiger partial charge in [-0.25, -0.2) is 8.78 Å². The summed E-state index contributed by atoms with van der Waals surface area (Å²) >= 11 is 0. The molecule has 1 amide bonds. The fourth-order valence-corrected chi connectivity index (χ4v) is 3.19. The molecule has 0 radical (unpaired) electrons. The van der Waals surface area contributed by atoms with E-state index in [4.69, 9.17) is 0 Å². The molecular formula is C14H16F2N2O2. The standard InChI is InChI=1S/C14H16F2N2O2/c15-14(16)10-4-5-11(14)8-18(7-10)13(20)9-17-6-2-1-3-12(17)19/h1-3,6,10-11H,4-5,7-9H2. The normalized spacial score (nSPS) is 27.6. The van der Waals surface area contributed by atoms with Crippen LogP contribution < -0.4 is 5.56 Å². The Bertz CT molecular complexity index is 569. The number of piperidine rings is 1. The number of carbonyl (C=O) groups excluding carboxylic acids is 1. The Kier molecular flexibility index (Phi) is 3.11. The van der Waals surface area contributed by atoms with E-state index in [-0.39, 0.29) is 31.1 Å². The molecule has 20 heavy (non-hydrogen) atoms. The van der Waals surface area contributed by atoms with E-state index in [0.717, 1.165) is 0 Å². The van der Waals surface area contributed by atoms with Crippen LogP contribution in [0.4, 0.5) is 8.78 Å². The molecule has 1 aromatic heterocycles. The fourth-order valence-electron chi connectivity index (χ4n) is 3.19. The van der Waals surface area contributed by atoms with Gasteiger partial charge < -0.3 is 9.47 Å². The smallest absolute Gasteiger partial charge is 0.257 e. The number of likely N-dealkylation sites (tertiary alicyclic amines) is 1. The number of pyridine rings is 1. The van der Waals surface area contributed by atoms with Gasteiger partial charge in [0.1, 0.15) is 6.54 Å². The molecule has 1 aromatic rings. The van der Waals surface area contributed by atoms with E-state index in [1.807, 2.05) is 0 Å². The number of aromatic nitrogens is 1. The lowest BCUT2D eigenvalue weighted by molar-refractivity contribution is -0.149. The quantitative estimate of drug-likeness (QED) is 0.822. The summed E-state index contributed by atoms with van der Waals surface area (Å²) in [7, 11) is 0. The van der Waals surface area contributed by atoms with Crippen LogP contribution in [0.3, 0.4) is 0 Å². The summed E-state index contributed by atoms with van der Waals surface area (Å²) in [5.74, 6) is -4.35. The largest absolute Gasteiger partial charge is 0.340 e. The Morgan fingerprint density at radius 2 is 1.90 bits per heavy atom. The lowest BCUT2D eigenvalue weighted by Gasteiger charge is -2.37. The molecule has 1 aliphatic carbocycles. The predicted octanol–water partition coefficient (Wildman–Crippen LogP) is 1.35. The summed E-state index contributed by atoms with van der Waals surface area (Å²) in [6, 6.07) is 4.65. The third kappa shape index (κ3) is 2.13. The molecule has 1 saturated heterocycles. The van der Waals surface area contributed by atoms with Crippen molar-refractivity contribution in [3.05, 3.63) is 34.7 Å². The molecule has 2 atom stereocenters. The summed E-state index contributed by atoms with van der Waals surface area (Å²) in [5, 5.41) is 0. The van der Waals surface area contributed by atoms with E-state index in [2.05, 4.69) is 0 Å². The SMILES string of the molecule is O=C(Cn1ccccc1=O)N1CC2CCC(C1)C2(F)F. The van der Waals surface area contributed by atoms with Crippen molar-refractivity contribution in [2.45, 2.75) is 25.3 Å². The minimum atomic E-state index is -2.64. The van der Waals surface area contributed by atoms with E-state index in [1.54, 1.807) is 12.1 Å². The molecule has 0 N–H and O–H groups in total. The zero-order valence-electron chi connectivity index (χ0n) is 11.0. The number of hydrogen-bond acceptors (Lipinski definition) is 2. The van der Waals surface area contributed by atoms with Crippen LogP contribution in [0.5, 0.6) is 0 Å². The van der Waals surface area contributed by atoms with E-state index in [9.17, 15) is 18.4 Å². The van der Waals surface area contributed by atoms with E-state index in [1.165, 1.54) is 21.7 Å². The Morgan fingerprint density at radius 1 is 1.25 bits per heavy atom. The predicted molar refractivity (Wildman–Crippen MR) is 68.4 cm³/mol. The van der Waals surface area contributed by atoms with Gasteiger partial charge in [0.25, 0.3) is 11.5 Å². The van der Waals surface area contributed by atoms with Gasteiger partial charge in [0.2, 0.25) is 5.91 Å². The van der Waals surface area contributed by atoms with Crippen molar-refractivity contribution in [3.8, 4) is 0 Å². The number of fused-ring (bicyclic) bond motifs is 2. The van der Waals surface area contributed by atoms with Gasteiger partial charge in [-0.15, -0.1) is 0 Å². The second kappa shape index (κ2) is 4.68. The summed E-state index contributed by atoms with van der Waals surface area (Å²) in [5.41, 5.74) is -0.258. The Hall–Kier alpha value is -1.72. The zero-order valence-corrected chi connectivity index (χ0v) is 11.0. The monoisotopic (exact) mass is 282 g/mol. The number of carbonyl (C=O) groups is 1. The fraction of sp³-hybridized carbons (Fsp3) is 0.571. The highest BCUT2D eigenvalue weighted by Crippen LogP contribution is 2.48. The van der Waals surface area contributed by atoms with Crippen LogP contribution in [0.1, 0.15) is 12.8 Å². The minimum Gasteiger partial charge on any atom is -0.340 e. The molecule has 2 heterocycles. The van der Waals surface area contributed by atoms with Crippen molar-refractivity contribution in [3.63, 3.8) is 0 Å². The Labute approximate surface area is 115 Å². The molecule has 2 bridgehead atoms. The molecule has 0 aromatic carbocycles. The maximum absolute atomic E-state index is 13.8. The second-order valence-corrected chi connectivity index (χ2v) is 5.61. The molecule has 4 nitrogen and oxygen atoms in total. The van der Waals surface area contributed by atoms with Gasteiger partial charge in [-0.05, 0) is 18.9 Å².